The minimum atomic E-state index is -3.05. The van der Waals surface area contributed by atoms with Crippen LogP contribution in [-0.2, 0) is 11.3 Å². The van der Waals surface area contributed by atoms with Crippen molar-refractivity contribution in [3.05, 3.63) is 79.0 Å². The first-order valence-corrected chi connectivity index (χ1v) is 15.6. The fourth-order valence-corrected chi connectivity index (χ4v) is 6.74. The maximum Gasteiger partial charge on any atom is 0.387 e. The normalized spacial score (nSPS) is 18.2. The van der Waals surface area contributed by atoms with E-state index in [0.29, 0.717) is 48.4 Å². The highest BCUT2D eigenvalue weighted by Gasteiger charge is 2.40. The molecule has 2 atom stereocenters. The number of carbonyl (C=O) groups is 1. The number of hydrogen-bond donors (Lipinski definition) is 1. The Morgan fingerprint density at radius 1 is 1.04 bits per heavy atom. The third-order valence-electron chi connectivity index (χ3n) is 8.90. The molecule has 2 aliphatic rings. The summed E-state index contributed by atoms with van der Waals surface area (Å²) >= 11 is 0. The zero-order chi connectivity index (χ0) is 33.8. The molecule has 2 aliphatic heterocycles. The summed E-state index contributed by atoms with van der Waals surface area (Å²) in [5.74, 6) is -1.09. The molecule has 6 aromatic rings. The molecule has 0 aliphatic carbocycles. The first-order valence-electron chi connectivity index (χ1n) is 15.6. The lowest BCUT2D eigenvalue weighted by molar-refractivity contribution is -0.131. The topological polar surface area (TPSA) is 119 Å². The van der Waals surface area contributed by atoms with Gasteiger partial charge in [0.2, 0.25) is 5.91 Å². The average molecular weight is 673 g/mol. The lowest BCUT2D eigenvalue weighted by atomic mass is 10.1. The van der Waals surface area contributed by atoms with E-state index in [0.717, 1.165) is 23.2 Å². The second-order valence-corrected chi connectivity index (χ2v) is 12.0. The molecule has 1 saturated heterocycles. The Hall–Kier alpha value is -5.80. The van der Waals surface area contributed by atoms with Crippen molar-refractivity contribution in [2.75, 3.05) is 30.4 Å². The zero-order valence-electron chi connectivity index (χ0n) is 26.0. The summed E-state index contributed by atoms with van der Waals surface area (Å²) in [5.41, 5.74) is 2.89. The number of halogens is 4. The van der Waals surface area contributed by atoms with Crippen molar-refractivity contribution in [2.24, 2.45) is 0 Å². The van der Waals surface area contributed by atoms with Gasteiger partial charge in [-0.25, -0.2) is 33.4 Å². The minimum absolute atomic E-state index is 0.000309. The Bertz CT molecular complexity index is 2220. The van der Waals surface area contributed by atoms with Gasteiger partial charge in [0.15, 0.2) is 11.5 Å². The van der Waals surface area contributed by atoms with Gasteiger partial charge in [0, 0.05) is 56.5 Å². The Balaban J connectivity index is 1.21. The van der Waals surface area contributed by atoms with Gasteiger partial charge in [-0.1, -0.05) is 12.1 Å². The van der Waals surface area contributed by atoms with E-state index < -0.39 is 24.3 Å². The van der Waals surface area contributed by atoms with Crippen LogP contribution in [0.4, 0.5) is 29.2 Å². The van der Waals surface area contributed by atoms with Crippen molar-refractivity contribution in [3.63, 3.8) is 0 Å². The highest BCUT2D eigenvalue weighted by atomic mass is 19.3. The molecule has 1 amide bonds. The Labute approximate surface area is 276 Å². The number of rotatable bonds is 4. The third kappa shape index (κ3) is 5.52. The monoisotopic (exact) mass is 672 g/mol. The number of pyridine rings is 1. The number of alkyl halides is 2. The Morgan fingerprint density at radius 2 is 1.92 bits per heavy atom. The Kier molecular flexibility index (Phi) is 7.49. The molecule has 250 valence electrons. The number of amides is 1. The number of hydrogen-bond acceptors (Lipinski definition) is 9. The predicted octanol–water partition coefficient (Wildman–Crippen LogP) is 5.03. The van der Waals surface area contributed by atoms with Gasteiger partial charge < -0.3 is 24.4 Å². The number of carbonyl (C=O) groups excluding carboxylic acids is 1. The highest BCUT2D eigenvalue weighted by Crippen LogP contribution is 2.35. The lowest BCUT2D eigenvalue weighted by Gasteiger charge is -2.29. The Morgan fingerprint density at radius 3 is 2.76 bits per heavy atom. The molecule has 1 N–H and O–H groups in total. The number of fused-ring (bicyclic) bond motifs is 6. The first-order chi connectivity index (χ1) is 23.7. The summed E-state index contributed by atoms with van der Waals surface area (Å²) in [6, 6.07) is 10.5. The van der Waals surface area contributed by atoms with Crippen molar-refractivity contribution in [1.29, 1.82) is 0 Å². The van der Waals surface area contributed by atoms with Crippen molar-refractivity contribution >= 4 is 39.6 Å². The molecule has 16 heteroatoms. The van der Waals surface area contributed by atoms with Crippen molar-refractivity contribution in [3.8, 4) is 22.7 Å². The molecule has 49 heavy (non-hydrogen) atoms. The van der Waals surface area contributed by atoms with E-state index in [-0.39, 0.29) is 41.4 Å². The quantitative estimate of drug-likeness (QED) is 0.257. The standard InChI is InChI=1S/C33H28F4N10O2/c1-44-8-3-9-45-17-40-24-5-2-4-21(29(24)45)25-12-20(49-33(36)37)13-28(43-25)42-19-11-27(32(44)48)46(15-19)30-22-14-41-47(31(22)39-16-38-30)26-7-6-18(34)10-23(26)35/h2,4-7,10,12-14,16-17,19,27,33H,3,8-9,11,15H2,1H3,(H,42,43)/t19-,27-/m0/s1. The van der Waals surface area contributed by atoms with Gasteiger partial charge in [-0.2, -0.15) is 13.9 Å². The highest BCUT2D eigenvalue weighted by molar-refractivity contribution is 5.93. The van der Waals surface area contributed by atoms with Gasteiger partial charge in [-0.15, -0.1) is 0 Å². The fourth-order valence-electron chi connectivity index (χ4n) is 6.74. The van der Waals surface area contributed by atoms with Crippen LogP contribution < -0.4 is 15.0 Å². The van der Waals surface area contributed by atoms with Crippen LogP contribution in [-0.4, -0.2) is 83.9 Å². The van der Waals surface area contributed by atoms with Crippen LogP contribution in [0.2, 0.25) is 0 Å². The van der Waals surface area contributed by atoms with Crippen LogP contribution in [0.1, 0.15) is 12.8 Å². The molecular weight excluding hydrogens is 644 g/mol. The summed E-state index contributed by atoms with van der Waals surface area (Å²) < 4.78 is 63.5. The van der Waals surface area contributed by atoms with Gasteiger partial charge in [-0.3, -0.25) is 4.79 Å². The second-order valence-electron chi connectivity index (χ2n) is 12.0. The smallest absolute Gasteiger partial charge is 0.387 e. The SMILES string of the molecule is CN1CCCn2cnc3cccc(c32)-c2cc(OC(F)F)cc(n2)N[C@H]2C[C@@H](C1=O)N(c1ncnc3c1cnn3-c1ccc(F)cc1F)C2. The van der Waals surface area contributed by atoms with Crippen LogP contribution in [0.25, 0.3) is 39.0 Å². The van der Waals surface area contributed by atoms with Gasteiger partial charge in [-0.05, 0) is 31.0 Å². The first kappa shape index (κ1) is 30.5. The summed E-state index contributed by atoms with van der Waals surface area (Å²) in [6.45, 7) is -1.80. The van der Waals surface area contributed by atoms with E-state index in [1.807, 2.05) is 27.7 Å². The number of ether oxygens (including phenoxy) is 1. The number of nitrogens with zero attached hydrogens (tertiary/aromatic N) is 9. The summed E-state index contributed by atoms with van der Waals surface area (Å²) in [7, 11) is 1.75. The van der Waals surface area contributed by atoms with Gasteiger partial charge in [0.1, 0.15) is 41.3 Å². The van der Waals surface area contributed by atoms with E-state index in [1.54, 1.807) is 18.3 Å². The van der Waals surface area contributed by atoms with Crippen molar-refractivity contribution in [1.82, 2.24) is 39.2 Å². The number of benzene rings is 2. The summed E-state index contributed by atoms with van der Waals surface area (Å²) in [6.07, 6.45) is 5.43. The fraction of sp³-hybridized carbons (Fsp3) is 0.273. The summed E-state index contributed by atoms with van der Waals surface area (Å²) in [4.78, 5) is 35.9. The molecule has 0 radical (unpaired) electrons. The minimum Gasteiger partial charge on any atom is -0.435 e. The van der Waals surface area contributed by atoms with E-state index >= 15 is 0 Å². The van der Waals surface area contributed by atoms with E-state index in [9.17, 15) is 22.4 Å². The summed E-state index contributed by atoms with van der Waals surface area (Å²) in [5, 5.41) is 8.13. The van der Waals surface area contributed by atoms with Crippen LogP contribution in [0.5, 0.6) is 5.75 Å². The molecule has 0 unspecified atom stereocenters. The van der Waals surface area contributed by atoms with E-state index in [1.165, 1.54) is 35.4 Å². The van der Waals surface area contributed by atoms with Crippen LogP contribution in [0, 0.1) is 11.6 Å². The molecule has 1 fully saturated rings. The molecule has 4 bridgehead atoms. The molecule has 12 nitrogen and oxygen atoms in total. The molecular formula is C33H28F4N10O2. The maximum absolute atomic E-state index is 14.8. The van der Waals surface area contributed by atoms with E-state index in [2.05, 4.69) is 25.4 Å². The predicted molar refractivity (Wildman–Crippen MR) is 172 cm³/mol. The van der Waals surface area contributed by atoms with Gasteiger partial charge >= 0.3 is 6.61 Å². The largest absolute Gasteiger partial charge is 0.435 e. The molecule has 0 saturated carbocycles. The third-order valence-corrected chi connectivity index (χ3v) is 8.90. The number of aromatic nitrogens is 7. The van der Waals surface area contributed by atoms with Gasteiger partial charge in [0.25, 0.3) is 0 Å². The number of para-hydroxylation sites is 1. The number of imidazole rings is 1. The number of anilines is 2. The molecule has 6 heterocycles. The van der Waals surface area contributed by atoms with Crippen LogP contribution in [0.3, 0.4) is 0 Å². The van der Waals surface area contributed by atoms with Gasteiger partial charge in [0.05, 0.1) is 34.6 Å². The number of aryl methyl sites for hydroxylation is 1. The lowest BCUT2D eigenvalue weighted by Crippen LogP contribution is -2.45. The van der Waals surface area contributed by atoms with E-state index in [4.69, 9.17) is 9.72 Å². The second kappa shape index (κ2) is 12.0. The number of likely N-dealkylation sites (N-methyl/N-ethyl adjacent to an activating group) is 1. The molecule has 0 spiro atoms. The van der Waals surface area contributed by atoms with Crippen LogP contribution in [0.15, 0.2) is 67.4 Å². The van der Waals surface area contributed by atoms with Crippen molar-refractivity contribution < 1.29 is 27.1 Å². The average Bonchev–Trinajstić information content (AvgIpc) is 3.81. The van der Waals surface area contributed by atoms with Crippen molar-refractivity contribution in [2.45, 2.75) is 38.1 Å². The van der Waals surface area contributed by atoms with Crippen LogP contribution >= 0.6 is 0 Å². The maximum atomic E-state index is 14.8. The molecule has 4 aromatic heterocycles. The number of nitrogens with one attached hydrogen (secondary N) is 1. The zero-order valence-corrected chi connectivity index (χ0v) is 26.0. The molecule has 2 aromatic carbocycles. The molecule has 8 rings (SSSR count).